The molecule has 1 N–H and O–H groups in total. The van der Waals surface area contributed by atoms with E-state index in [0.717, 1.165) is 38.5 Å². The van der Waals surface area contributed by atoms with Crippen LogP contribution in [0.2, 0.25) is 0 Å². The number of rotatable bonds is 5. The molecule has 0 radical (unpaired) electrons. The highest BCUT2D eigenvalue weighted by Gasteiger charge is 2.15. The van der Waals surface area contributed by atoms with E-state index in [1.165, 1.54) is 5.56 Å². The van der Waals surface area contributed by atoms with Crippen LogP contribution >= 0.6 is 0 Å². The molecule has 88 valence electrons. The van der Waals surface area contributed by atoms with E-state index in [9.17, 15) is 0 Å². The maximum Gasteiger partial charge on any atom is 0.119 e. The Bertz CT molecular complexity index is 304. The lowest BCUT2D eigenvalue weighted by atomic mass is 10.1. The standard InChI is InChI=1S/C13H19NO2/c1-14-8-11-2-4-13(5-3-11)16-10-12-6-7-15-9-12/h2-5,12,14H,6-10H2,1H3. The van der Waals surface area contributed by atoms with Crippen LogP contribution in [0.4, 0.5) is 0 Å². The summed E-state index contributed by atoms with van der Waals surface area (Å²) < 4.78 is 11.0. The van der Waals surface area contributed by atoms with Gasteiger partial charge in [0.1, 0.15) is 5.75 Å². The Kier molecular flexibility index (Phi) is 4.19. The van der Waals surface area contributed by atoms with Gasteiger partial charge in [-0.15, -0.1) is 0 Å². The van der Waals surface area contributed by atoms with Gasteiger partial charge in [0.2, 0.25) is 0 Å². The number of hydrogen-bond acceptors (Lipinski definition) is 3. The summed E-state index contributed by atoms with van der Waals surface area (Å²) in [4.78, 5) is 0. The maximum atomic E-state index is 5.72. The SMILES string of the molecule is CNCc1ccc(OCC2CCOC2)cc1. The van der Waals surface area contributed by atoms with Crippen molar-refractivity contribution in [1.29, 1.82) is 0 Å². The summed E-state index contributed by atoms with van der Waals surface area (Å²) in [6, 6.07) is 8.25. The van der Waals surface area contributed by atoms with E-state index in [0.29, 0.717) is 5.92 Å². The van der Waals surface area contributed by atoms with E-state index in [4.69, 9.17) is 9.47 Å². The van der Waals surface area contributed by atoms with Crippen LogP contribution in [0.25, 0.3) is 0 Å². The highest BCUT2D eigenvalue weighted by Crippen LogP contribution is 2.16. The van der Waals surface area contributed by atoms with Gasteiger partial charge < -0.3 is 14.8 Å². The third-order valence-corrected chi connectivity index (χ3v) is 2.81. The zero-order valence-corrected chi connectivity index (χ0v) is 9.74. The molecule has 2 rings (SSSR count). The number of nitrogens with one attached hydrogen (secondary N) is 1. The fraction of sp³-hybridized carbons (Fsp3) is 0.538. The van der Waals surface area contributed by atoms with Crippen LogP contribution in [0.5, 0.6) is 5.75 Å². The van der Waals surface area contributed by atoms with Crippen molar-refractivity contribution < 1.29 is 9.47 Å². The number of hydrogen-bond donors (Lipinski definition) is 1. The maximum absolute atomic E-state index is 5.72. The first kappa shape index (κ1) is 11.4. The van der Waals surface area contributed by atoms with Gasteiger partial charge in [0.15, 0.2) is 0 Å². The predicted octanol–water partition coefficient (Wildman–Crippen LogP) is 1.82. The minimum atomic E-state index is 0.567. The van der Waals surface area contributed by atoms with Gasteiger partial charge in [0.25, 0.3) is 0 Å². The summed E-state index contributed by atoms with van der Waals surface area (Å²) in [6.07, 6.45) is 1.12. The normalized spacial score (nSPS) is 19.9. The molecule has 1 fully saturated rings. The van der Waals surface area contributed by atoms with Crippen molar-refractivity contribution in [2.75, 3.05) is 26.9 Å². The van der Waals surface area contributed by atoms with E-state index in [-0.39, 0.29) is 0 Å². The Morgan fingerprint density at radius 2 is 2.19 bits per heavy atom. The summed E-state index contributed by atoms with van der Waals surface area (Å²) in [7, 11) is 1.95. The lowest BCUT2D eigenvalue weighted by molar-refractivity contribution is 0.167. The molecule has 3 nitrogen and oxygen atoms in total. The van der Waals surface area contributed by atoms with Crippen LogP contribution in [0.15, 0.2) is 24.3 Å². The van der Waals surface area contributed by atoms with E-state index in [2.05, 4.69) is 17.4 Å². The molecule has 1 atom stereocenters. The first-order valence-electron chi connectivity index (χ1n) is 5.82. The molecule has 3 heteroatoms. The zero-order chi connectivity index (χ0) is 11.2. The molecule has 0 aliphatic carbocycles. The van der Waals surface area contributed by atoms with Crippen molar-refractivity contribution in [3.63, 3.8) is 0 Å². The molecule has 1 aliphatic rings. The molecule has 1 aromatic carbocycles. The van der Waals surface area contributed by atoms with Gasteiger partial charge in [-0.1, -0.05) is 12.1 Å². The Hall–Kier alpha value is -1.06. The predicted molar refractivity (Wildman–Crippen MR) is 63.6 cm³/mol. The van der Waals surface area contributed by atoms with Crippen molar-refractivity contribution in [3.8, 4) is 5.75 Å². The smallest absolute Gasteiger partial charge is 0.119 e. The molecule has 16 heavy (non-hydrogen) atoms. The van der Waals surface area contributed by atoms with Crippen molar-refractivity contribution in [2.24, 2.45) is 5.92 Å². The first-order chi connectivity index (χ1) is 7.88. The minimum Gasteiger partial charge on any atom is -0.493 e. The molecule has 0 amide bonds. The van der Waals surface area contributed by atoms with Crippen molar-refractivity contribution in [3.05, 3.63) is 29.8 Å². The zero-order valence-electron chi connectivity index (χ0n) is 9.74. The molecule has 0 saturated carbocycles. The molecular formula is C13H19NO2. The average Bonchev–Trinajstić information content (AvgIpc) is 2.82. The lowest BCUT2D eigenvalue weighted by Crippen LogP contribution is -2.11. The Balaban J connectivity index is 1.80. The van der Waals surface area contributed by atoms with Gasteiger partial charge in [-0.05, 0) is 31.2 Å². The quantitative estimate of drug-likeness (QED) is 0.822. The van der Waals surface area contributed by atoms with E-state index < -0.39 is 0 Å². The average molecular weight is 221 g/mol. The van der Waals surface area contributed by atoms with Gasteiger partial charge in [0.05, 0.1) is 13.2 Å². The van der Waals surface area contributed by atoms with Crippen LogP contribution in [-0.4, -0.2) is 26.9 Å². The highest BCUT2D eigenvalue weighted by atomic mass is 16.5. The molecule has 1 aliphatic heterocycles. The van der Waals surface area contributed by atoms with Crippen LogP contribution in [0, 0.1) is 5.92 Å². The Morgan fingerprint density at radius 1 is 1.38 bits per heavy atom. The molecule has 1 aromatic rings. The van der Waals surface area contributed by atoms with Crippen molar-refractivity contribution >= 4 is 0 Å². The third-order valence-electron chi connectivity index (χ3n) is 2.81. The fourth-order valence-electron chi connectivity index (χ4n) is 1.84. The second-order valence-corrected chi connectivity index (χ2v) is 4.21. The van der Waals surface area contributed by atoms with Gasteiger partial charge >= 0.3 is 0 Å². The second kappa shape index (κ2) is 5.87. The van der Waals surface area contributed by atoms with E-state index in [1.807, 2.05) is 19.2 Å². The monoisotopic (exact) mass is 221 g/mol. The molecule has 1 heterocycles. The minimum absolute atomic E-state index is 0.567. The highest BCUT2D eigenvalue weighted by molar-refractivity contribution is 5.27. The molecule has 0 aromatic heterocycles. The summed E-state index contributed by atoms with van der Waals surface area (Å²) in [6.45, 7) is 3.40. The molecule has 0 spiro atoms. The van der Waals surface area contributed by atoms with Gasteiger partial charge in [-0.25, -0.2) is 0 Å². The lowest BCUT2D eigenvalue weighted by Gasteiger charge is -2.10. The van der Waals surface area contributed by atoms with Crippen LogP contribution in [0.3, 0.4) is 0 Å². The van der Waals surface area contributed by atoms with Crippen LogP contribution < -0.4 is 10.1 Å². The second-order valence-electron chi connectivity index (χ2n) is 4.21. The van der Waals surface area contributed by atoms with E-state index in [1.54, 1.807) is 0 Å². The van der Waals surface area contributed by atoms with Gasteiger partial charge in [-0.3, -0.25) is 0 Å². The summed E-state index contributed by atoms with van der Waals surface area (Å²) in [5.74, 6) is 1.52. The number of benzene rings is 1. The molecule has 0 bridgehead atoms. The van der Waals surface area contributed by atoms with Crippen LogP contribution in [0.1, 0.15) is 12.0 Å². The number of ether oxygens (including phenoxy) is 2. The topological polar surface area (TPSA) is 30.5 Å². The van der Waals surface area contributed by atoms with Gasteiger partial charge in [-0.2, -0.15) is 0 Å². The van der Waals surface area contributed by atoms with Crippen molar-refractivity contribution in [1.82, 2.24) is 5.32 Å². The Morgan fingerprint density at radius 3 is 2.81 bits per heavy atom. The Labute approximate surface area is 96.8 Å². The van der Waals surface area contributed by atoms with E-state index >= 15 is 0 Å². The summed E-state index contributed by atoms with van der Waals surface area (Å²) in [5, 5.41) is 3.12. The van der Waals surface area contributed by atoms with Crippen LogP contribution in [-0.2, 0) is 11.3 Å². The molecule has 1 unspecified atom stereocenters. The largest absolute Gasteiger partial charge is 0.493 e. The summed E-state index contributed by atoms with van der Waals surface area (Å²) in [5.41, 5.74) is 1.28. The first-order valence-corrected chi connectivity index (χ1v) is 5.82. The molecule has 1 saturated heterocycles. The molecular weight excluding hydrogens is 202 g/mol. The summed E-state index contributed by atoms with van der Waals surface area (Å²) >= 11 is 0. The third kappa shape index (κ3) is 3.22. The fourth-order valence-corrected chi connectivity index (χ4v) is 1.84. The van der Waals surface area contributed by atoms with Crippen molar-refractivity contribution in [2.45, 2.75) is 13.0 Å². The van der Waals surface area contributed by atoms with Gasteiger partial charge in [0, 0.05) is 19.1 Å².